The predicted molar refractivity (Wildman–Crippen MR) is 77.7 cm³/mol. The van der Waals surface area contributed by atoms with E-state index in [0.717, 1.165) is 24.3 Å². The molecule has 1 amide bonds. The van der Waals surface area contributed by atoms with Crippen molar-refractivity contribution in [3.8, 4) is 0 Å². The second-order valence-corrected chi connectivity index (χ2v) is 7.77. The molecule has 6 heteroatoms. The standard InChI is InChI=1S/C13H26N2O3S/c1-10(15-12(16)18-13(2,3)4)9-14-11-5-7-19(17)8-6-11/h10-11,14H,5-9H2,1-4H3,(H,15,16). The highest BCUT2D eigenvalue weighted by atomic mass is 32.2. The lowest BCUT2D eigenvalue weighted by Gasteiger charge is -2.25. The molecule has 1 heterocycles. The molecule has 0 saturated carbocycles. The maximum Gasteiger partial charge on any atom is 0.407 e. The molecule has 1 unspecified atom stereocenters. The number of amides is 1. The Morgan fingerprint density at radius 1 is 1.37 bits per heavy atom. The Kier molecular flexibility index (Phi) is 6.26. The Balaban J connectivity index is 2.19. The monoisotopic (exact) mass is 290 g/mol. The lowest BCUT2D eigenvalue weighted by Crippen LogP contribution is -2.46. The van der Waals surface area contributed by atoms with Crippen LogP contribution in [0.25, 0.3) is 0 Å². The van der Waals surface area contributed by atoms with Gasteiger partial charge in [-0.25, -0.2) is 4.79 Å². The summed E-state index contributed by atoms with van der Waals surface area (Å²) in [4.78, 5) is 11.6. The lowest BCUT2D eigenvalue weighted by atomic mass is 10.1. The molecule has 1 fully saturated rings. The van der Waals surface area contributed by atoms with Gasteiger partial charge in [0.15, 0.2) is 0 Å². The third kappa shape index (κ3) is 7.52. The van der Waals surface area contributed by atoms with E-state index in [1.165, 1.54) is 0 Å². The van der Waals surface area contributed by atoms with Gasteiger partial charge in [0.2, 0.25) is 0 Å². The summed E-state index contributed by atoms with van der Waals surface area (Å²) in [5.41, 5.74) is -0.468. The van der Waals surface area contributed by atoms with Gasteiger partial charge < -0.3 is 15.4 Å². The number of carbonyl (C=O) groups excluding carboxylic acids is 1. The highest BCUT2D eigenvalue weighted by Gasteiger charge is 2.20. The molecule has 0 aromatic rings. The van der Waals surface area contributed by atoms with Gasteiger partial charge in [0.25, 0.3) is 0 Å². The van der Waals surface area contributed by atoms with Crippen LogP contribution in [0.4, 0.5) is 4.79 Å². The number of hydrogen-bond donors (Lipinski definition) is 2. The predicted octanol–water partition coefficient (Wildman–Crippen LogP) is 1.40. The first-order valence-electron chi connectivity index (χ1n) is 6.84. The third-order valence-corrected chi connectivity index (χ3v) is 4.25. The minimum atomic E-state index is -0.625. The van der Waals surface area contributed by atoms with Crippen LogP contribution in [-0.2, 0) is 15.5 Å². The summed E-state index contributed by atoms with van der Waals surface area (Å²) in [6.07, 6.45) is 1.52. The number of carbonyl (C=O) groups is 1. The van der Waals surface area contributed by atoms with Crippen LogP contribution in [0.15, 0.2) is 0 Å². The third-order valence-electron chi connectivity index (χ3n) is 2.86. The molecule has 0 spiro atoms. The van der Waals surface area contributed by atoms with Gasteiger partial charge in [0.05, 0.1) is 0 Å². The van der Waals surface area contributed by atoms with Crippen LogP contribution in [0.1, 0.15) is 40.5 Å². The van der Waals surface area contributed by atoms with Crippen molar-refractivity contribution >= 4 is 16.9 Å². The van der Waals surface area contributed by atoms with Crippen LogP contribution in [0.2, 0.25) is 0 Å². The summed E-state index contributed by atoms with van der Waals surface area (Å²) in [5.74, 6) is 1.57. The van der Waals surface area contributed by atoms with Gasteiger partial charge in [-0.15, -0.1) is 0 Å². The van der Waals surface area contributed by atoms with E-state index in [2.05, 4.69) is 10.6 Å². The average Bonchev–Trinajstić information content (AvgIpc) is 2.25. The second-order valence-electron chi connectivity index (χ2n) is 6.08. The van der Waals surface area contributed by atoms with Crippen molar-refractivity contribution in [2.45, 2.75) is 58.2 Å². The van der Waals surface area contributed by atoms with Crippen molar-refractivity contribution in [2.75, 3.05) is 18.1 Å². The highest BCUT2D eigenvalue weighted by molar-refractivity contribution is 7.85. The number of rotatable bonds is 4. The van der Waals surface area contributed by atoms with Crippen LogP contribution in [-0.4, -0.2) is 46.0 Å². The van der Waals surface area contributed by atoms with E-state index in [-0.39, 0.29) is 12.1 Å². The molecule has 0 aromatic carbocycles. The van der Waals surface area contributed by atoms with Crippen molar-refractivity contribution in [1.29, 1.82) is 0 Å². The molecule has 1 rings (SSSR count). The van der Waals surface area contributed by atoms with Crippen molar-refractivity contribution < 1.29 is 13.7 Å². The van der Waals surface area contributed by atoms with E-state index in [4.69, 9.17) is 4.74 Å². The van der Waals surface area contributed by atoms with Gasteiger partial charge >= 0.3 is 6.09 Å². The zero-order valence-corrected chi connectivity index (χ0v) is 13.1. The Hall–Kier alpha value is -0.620. The number of hydrogen-bond acceptors (Lipinski definition) is 4. The topological polar surface area (TPSA) is 67.4 Å². The molecule has 5 nitrogen and oxygen atoms in total. The van der Waals surface area contributed by atoms with E-state index >= 15 is 0 Å². The minimum absolute atomic E-state index is 0.0160. The molecule has 2 N–H and O–H groups in total. The number of alkyl carbamates (subject to hydrolysis) is 1. The van der Waals surface area contributed by atoms with Crippen LogP contribution < -0.4 is 10.6 Å². The van der Waals surface area contributed by atoms with Gasteiger partial charge in [-0.05, 0) is 40.5 Å². The van der Waals surface area contributed by atoms with Gasteiger partial charge in [-0.2, -0.15) is 0 Å². The fourth-order valence-corrected chi connectivity index (χ4v) is 3.20. The first-order chi connectivity index (χ1) is 8.76. The van der Waals surface area contributed by atoms with E-state index in [9.17, 15) is 9.00 Å². The van der Waals surface area contributed by atoms with E-state index < -0.39 is 16.4 Å². The molecule has 112 valence electrons. The van der Waals surface area contributed by atoms with Gasteiger partial charge in [0.1, 0.15) is 5.60 Å². The maximum absolute atomic E-state index is 11.6. The Labute approximate surface area is 118 Å². The summed E-state index contributed by atoms with van der Waals surface area (Å²) in [6, 6.07) is 0.433. The summed E-state index contributed by atoms with van der Waals surface area (Å²) >= 11 is 0. The van der Waals surface area contributed by atoms with Crippen LogP contribution in [0.5, 0.6) is 0 Å². The molecule has 1 aliphatic rings. The van der Waals surface area contributed by atoms with E-state index in [1.807, 2.05) is 27.7 Å². The molecule has 1 atom stereocenters. The zero-order chi connectivity index (χ0) is 14.5. The smallest absolute Gasteiger partial charge is 0.407 e. The molecule has 19 heavy (non-hydrogen) atoms. The van der Waals surface area contributed by atoms with Gasteiger partial charge in [-0.3, -0.25) is 4.21 Å². The summed E-state index contributed by atoms with van der Waals surface area (Å²) < 4.78 is 16.4. The summed E-state index contributed by atoms with van der Waals surface area (Å²) in [5, 5.41) is 6.21. The molecule has 0 aromatic heterocycles. The summed E-state index contributed by atoms with van der Waals surface area (Å²) in [6.45, 7) is 8.18. The lowest BCUT2D eigenvalue weighted by molar-refractivity contribution is 0.0507. The molecule has 1 aliphatic heterocycles. The Bertz CT molecular complexity index is 318. The first-order valence-corrected chi connectivity index (χ1v) is 8.33. The van der Waals surface area contributed by atoms with Crippen LogP contribution >= 0.6 is 0 Å². The van der Waals surface area contributed by atoms with Crippen molar-refractivity contribution in [3.63, 3.8) is 0 Å². The van der Waals surface area contributed by atoms with Gasteiger partial charge in [-0.1, -0.05) is 0 Å². The first kappa shape index (κ1) is 16.4. The molecule has 0 aliphatic carbocycles. The normalized spacial score (nSPS) is 25.7. The average molecular weight is 290 g/mol. The van der Waals surface area contributed by atoms with E-state index in [1.54, 1.807) is 0 Å². The fraction of sp³-hybridized carbons (Fsp3) is 0.923. The van der Waals surface area contributed by atoms with Crippen molar-refractivity contribution in [1.82, 2.24) is 10.6 Å². The van der Waals surface area contributed by atoms with Crippen molar-refractivity contribution in [3.05, 3.63) is 0 Å². The van der Waals surface area contributed by atoms with E-state index in [0.29, 0.717) is 12.6 Å². The van der Waals surface area contributed by atoms with Crippen LogP contribution in [0, 0.1) is 0 Å². The molecular formula is C13H26N2O3S. The highest BCUT2D eigenvalue weighted by Crippen LogP contribution is 2.09. The molecule has 0 bridgehead atoms. The summed E-state index contributed by atoms with van der Waals surface area (Å²) in [7, 11) is -0.625. The van der Waals surface area contributed by atoms with Gasteiger partial charge in [0, 0.05) is 40.9 Å². The quantitative estimate of drug-likeness (QED) is 0.821. The largest absolute Gasteiger partial charge is 0.444 e. The number of ether oxygens (including phenoxy) is 1. The fourth-order valence-electron chi connectivity index (χ4n) is 1.90. The zero-order valence-electron chi connectivity index (χ0n) is 12.3. The Morgan fingerprint density at radius 2 is 1.95 bits per heavy atom. The van der Waals surface area contributed by atoms with Crippen LogP contribution in [0.3, 0.4) is 0 Å². The Morgan fingerprint density at radius 3 is 2.47 bits per heavy atom. The molecular weight excluding hydrogens is 264 g/mol. The second kappa shape index (κ2) is 7.24. The van der Waals surface area contributed by atoms with Crippen molar-refractivity contribution in [2.24, 2.45) is 0 Å². The molecule has 1 saturated heterocycles. The minimum Gasteiger partial charge on any atom is -0.444 e. The maximum atomic E-state index is 11.6. The SMILES string of the molecule is CC(CNC1CCS(=O)CC1)NC(=O)OC(C)(C)C. The molecule has 0 radical (unpaired) electrons. The number of nitrogens with one attached hydrogen (secondary N) is 2.